The van der Waals surface area contributed by atoms with E-state index < -0.39 is 5.97 Å². The number of amides is 1. The van der Waals surface area contributed by atoms with Crippen LogP contribution in [0.25, 0.3) is 0 Å². The second-order valence-corrected chi connectivity index (χ2v) is 7.27. The molecule has 0 heterocycles. The molecule has 0 aliphatic heterocycles. The third kappa shape index (κ3) is 6.68. The summed E-state index contributed by atoms with van der Waals surface area (Å²) in [6, 6.07) is 20.3. The number of nitrogens with one attached hydrogen (secondary N) is 1. The summed E-state index contributed by atoms with van der Waals surface area (Å²) in [5.74, 6) is 0.240. The Labute approximate surface area is 191 Å². The van der Waals surface area contributed by atoms with E-state index in [1.165, 1.54) is 6.21 Å². The molecule has 0 spiro atoms. The summed E-state index contributed by atoms with van der Waals surface area (Å²) in [7, 11) is 0. The Hall–Kier alpha value is -3.64. The van der Waals surface area contributed by atoms with Gasteiger partial charge in [0.2, 0.25) is 0 Å². The summed E-state index contributed by atoms with van der Waals surface area (Å²) in [5.41, 5.74) is 3.98. The van der Waals surface area contributed by atoms with E-state index in [9.17, 15) is 9.59 Å². The smallest absolute Gasteiger partial charge is 0.345 e. The monoisotopic (exact) mass is 450 g/mol. The van der Waals surface area contributed by atoms with Crippen molar-refractivity contribution in [3.63, 3.8) is 0 Å². The quantitative estimate of drug-likeness (QED) is 0.153. The number of esters is 1. The van der Waals surface area contributed by atoms with E-state index in [-0.39, 0.29) is 5.91 Å². The number of hydrogen-bond donors (Lipinski definition) is 1. The zero-order valence-corrected chi connectivity index (χ0v) is 18.3. The molecule has 1 N–H and O–H groups in total. The first-order chi connectivity index (χ1) is 15.6. The highest BCUT2D eigenvalue weighted by Gasteiger charge is 2.12. The topological polar surface area (TPSA) is 77.0 Å². The average Bonchev–Trinajstić information content (AvgIpc) is 2.81. The molecule has 32 heavy (non-hydrogen) atoms. The molecule has 7 heteroatoms. The molecule has 0 saturated carbocycles. The predicted octanol–water partition coefficient (Wildman–Crippen LogP) is 5.50. The van der Waals surface area contributed by atoms with Crippen molar-refractivity contribution in [2.75, 3.05) is 6.61 Å². The summed E-state index contributed by atoms with van der Waals surface area (Å²) < 4.78 is 10.9. The Morgan fingerprint density at radius 2 is 1.66 bits per heavy atom. The van der Waals surface area contributed by atoms with Gasteiger partial charge in [0.25, 0.3) is 5.91 Å². The van der Waals surface area contributed by atoms with Gasteiger partial charge in [0.15, 0.2) is 0 Å². The van der Waals surface area contributed by atoms with Gasteiger partial charge in [-0.15, -0.1) is 0 Å². The maximum Gasteiger partial charge on any atom is 0.345 e. The molecular formula is C25H23ClN2O4. The fourth-order valence-electron chi connectivity index (χ4n) is 2.68. The van der Waals surface area contributed by atoms with Crippen LogP contribution in [0, 0.1) is 0 Å². The molecule has 3 aromatic rings. The van der Waals surface area contributed by atoms with Gasteiger partial charge >= 0.3 is 5.97 Å². The van der Waals surface area contributed by atoms with Crippen LogP contribution in [0.2, 0.25) is 5.02 Å². The Morgan fingerprint density at radius 3 is 2.34 bits per heavy atom. The number of benzene rings is 3. The van der Waals surface area contributed by atoms with E-state index in [4.69, 9.17) is 21.1 Å². The third-order valence-electron chi connectivity index (χ3n) is 4.45. The molecule has 0 aliphatic rings. The molecule has 6 nitrogen and oxygen atoms in total. The van der Waals surface area contributed by atoms with Gasteiger partial charge in [0, 0.05) is 5.56 Å². The molecule has 3 rings (SSSR count). The van der Waals surface area contributed by atoms with Gasteiger partial charge in [-0.1, -0.05) is 37.1 Å². The highest BCUT2D eigenvalue weighted by Crippen LogP contribution is 2.19. The van der Waals surface area contributed by atoms with Gasteiger partial charge in [-0.2, -0.15) is 5.10 Å². The second-order valence-electron chi connectivity index (χ2n) is 6.86. The normalized spacial score (nSPS) is 10.7. The summed E-state index contributed by atoms with van der Waals surface area (Å²) in [4.78, 5) is 24.4. The van der Waals surface area contributed by atoms with E-state index in [0.29, 0.717) is 28.5 Å². The number of nitrogens with zero attached hydrogens (tertiary/aromatic N) is 1. The van der Waals surface area contributed by atoms with E-state index in [2.05, 4.69) is 17.5 Å². The van der Waals surface area contributed by atoms with Crippen LogP contribution in [0.5, 0.6) is 11.5 Å². The summed E-state index contributed by atoms with van der Waals surface area (Å²) in [6.45, 7) is 2.76. The molecule has 0 fully saturated rings. The van der Waals surface area contributed by atoms with Crippen molar-refractivity contribution in [2.45, 2.75) is 19.8 Å². The molecule has 0 aromatic heterocycles. The van der Waals surface area contributed by atoms with Crippen LogP contribution >= 0.6 is 11.6 Å². The Balaban J connectivity index is 1.50. The first-order valence-electron chi connectivity index (χ1n) is 10.2. The lowest BCUT2D eigenvalue weighted by atomic mass is 10.2. The highest BCUT2D eigenvalue weighted by atomic mass is 35.5. The van der Waals surface area contributed by atoms with Gasteiger partial charge in [-0.05, 0) is 72.6 Å². The summed E-state index contributed by atoms with van der Waals surface area (Å²) >= 11 is 6.01. The number of hydrazone groups is 1. The van der Waals surface area contributed by atoms with Gasteiger partial charge in [-0.25, -0.2) is 10.2 Å². The largest absolute Gasteiger partial charge is 0.494 e. The molecule has 164 valence electrons. The Morgan fingerprint density at radius 1 is 0.969 bits per heavy atom. The van der Waals surface area contributed by atoms with Crippen LogP contribution in [0.4, 0.5) is 0 Å². The van der Waals surface area contributed by atoms with Crippen LogP contribution in [0.3, 0.4) is 0 Å². The average molecular weight is 451 g/mol. The van der Waals surface area contributed by atoms with Crippen LogP contribution in [0.1, 0.15) is 46.0 Å². The Kier molecular flexibility index (Phi) is 8.40. The molecule has 0 saturated heterocycles. The number of carbonyl (C=O) groups excluding carboxylic acids is 2. The number of carbonyl (C=O) groups is 2. The van der Waals surface area contributed by atoms with Crippen LogP contribution in [-0.4, -0.2) is 24.7 Å². The number of hydrogen-bond acceptors (Lipinski definition) is 5. The van der Waals surface area contributed by atoms with Gasteiger partial charge in [0.1, 0.15) is 11.5 Å². The lowest BCUT2D eigenvalue weighted by molar-refractivity contribution is 0.0734. The van der Waals surface area contributed by atoms with Crippen molar-refractivity contribution in [3.8, 4) is 11.5 Å². The van der Waals surface area contributed by atoms with E-state index in [1.54, 1.807) is 72.8 Å². The summed E-state index contributed by atoms with van der Waals surface area (Å²) in [6.07, 6.45) is 3.55. The molecule has 0 unspecified atom stereocenters. The number of rotatable bonds is 9. The van der Waals surface area contributed by atoms with E-state index in [1.807, 2.05) is 0 Å². The third-order valence-corrected chi connectivity index (χ3v) is 4.78. The first kappa shape index (κ1) is 23.0. The molecule has 1 amide bonds. The minimum Gasteiger partial charge on any atom is -0.494 e. The fourth-order valence-corrected chi connectivity index (χ4v) is 2.89. The second kappa shape index (κ2) is 11.7. The fraction of sp³-hybridized carbons (Fsp3) is 0.160. The zero-order valence-electron chi connectivity index (χ0n) is 17.6. The SMILES string of the molecule is CCCCOc1ccc(C(=O)NN=Cc2ccc(OC(=O)c3ccccc3Cl)cc2)cc1. The lowest BCUT2D eigenvalue weighted by Crippen LogP contribution is -2.17. The molecule has 0 bridgehead atoms. The van der Waals surface area contributed by atoms with Crippen molar-refractivity contribution in [3.05, 3.63) is 94.5 Å². The highest BCUT2D eigenvalue weighted by molar-refractivity contribution is 6.33. The van der Waals surface area contributed by atoms with Gasteiger partial charge < -0.3 is 9.47 Å². The van der Waals surface area contributed by atoms with Crippen LogP contribution in [0.15, 0.2) is 77.9 Å². The van der Waals surface area contributed by atoms with E-state index >= 15 is 0 Å². The van der Waals surface area contributed by atoms with E-state index in [0.717, 1.165) is 24.2 Å². The predicted molar refractivity (Wildman–Crippen MR) is 125 cm³/mol. The van der Waals surface area contributed by atoms with Crippen molar-refractivity contribution in [1.29, 1.82) is 0 Å². The lowest BCUT2D eigenvalue weighted by Gasteiger charge is -2.06. The first-order valence-corrected chi connectivity index (χ1v) is 10.6. The maximum absolute atomic E-state index is 12.2. The molecule has 0 radical (unpaired) electrons. The molecular weight excluding hydrogens is 428 g/mol. The number of unbranched alkanes of at least 4 members (excludes halogenated alkanes) is 1. The summed E-state index contributed by atoms with van der Waals surface area (Å²) in [5, 5.41) is 4.30. The van der Waals surface area contributed by atoms with Crippen molar-refractivity contribution in [1.82, 2.24) is 5.43 Å². The van der Waals surface area contributed by atoms with Crippen LogP contribution in [-0.2, 0) is 0 Å². The van der Waals surface area contributed by atoms with Gasteiger partial charge in [0.05, 0.1) is 23.4 Å². The number of halogens is 1. The minimum absolute atomic E-state index is 0.295. The zero-order chi connectivity index (χ0) is 22.8. The van der Waals surface area contributed by atoms with Crippen molar-refractivity contribution >= 4 is 29.7 Å². The van der Waals surface area contributed by atoms with Crippen LogP contribution < -0.4 is 14.9 Å². The molecule has 0 atom stereocenters. The minimum atomic E-state index is -0.536. The maximum atomic E-state index is 12.2. The standard InChI is InChI=1S/C25H23ClN2O4/c1-2-3-16-31-20-14-10-19(11-15-20)24(29)28-27-17-18-8-12-21(13-9-18)32-25(30)22-6-4-5-7-23(22)26/h4-15,17H,2-3,16H2,1H3,(H,28,29). The van der Waals surface area contributed by atoms with Crippen molar-refractivity contribution in [2.24, 2.45) is 5.10 Å². The van der Waals surface area contributed by atoms with Crippen molar-refractivity contribution < 1.29 is 19.1 Å². The Bertz CT molecular complexity index is 1080. The molecule has 0 aliphatic carbocycles. The number of ether oxygens (including phenoxy) is 2. The molecule has 3 aromatic carbocycles. The van der Waals surface area contributed by atoms with Gasteiger partial charge in [-0.3, -0.25) is 4.79 Å².